The summed E-state index contributed by atoms with van der Waals surface area (Å²) in [5.41, 5.74) is -0.0459. The number of ether oxygens (including phenoxy) is 5. The van der Waals surface area contributed by atoms with Gasteiger partial charge < -0.3 is 23.7 Å². The van der Waals surface area contributed by atoms with E-state index in [1.807, 2.05) is 27.7 Å². The molecule has 0 saturated heterocycles. The largest absolute Gasteiger partial charge is 0.493 e. The number of nitrogens with zero attached hydrogens (tertiary/aromatic N) is 1. The van der Waals surface area contributed by atoms with E-state index >= 15 is 0 Å². The fraction of sp³-hybridized carbons (Fsp3) is 0.548. The second kappa shape index (κ2) is 16.5. The molecule has 1 heterocycles. The average molecular weight is 576 g/mol. The number of carbonyl (C=O) groups excluding carboxylic acids is 3. The monoisotopic (exact) mass is 575 g/mol. The van der Waals surface area contributed by atoms with Crippen LogP contribution in [0.2, 0.25) is 0 Å². The third-order valence-electron chi connectivity index (χ3n) is 6.69. The lowest BCUT2D eigenvalue weighted by Crippen LogP contribution is -2.40. The molecule has 0 radical (unpaired) electrons. The average Bonchev–Trinajstić information content (AvgIpc) is 2.92. The van der Waals surface area contributed by atoms with Crippen molar-refractivity contribution >= 4 is 17.7 Å². The quantitative estimate of drug-likeness (QED) is 0.124. The van der Waals surface area contributed by atoms with E-state index < -0.39 is 48.5 Å². The Bertz CT molecular complexity index is 1150. The van der Waals surface area contributed by atoms with Crippen molar-refractivity contribution in [3.63, 3.8) is 0 Å². The van der Waals surface area contributed by atoms with Crippen LogP contribution in [0.3, 0.4) is 0 Å². The maximum Gasteiger partial charge on any atom is 0.309 e. The molecule has 0 spiro atoms. The van der Waals surface area contributed by atoms with Gasteiger partial charge in [-0.25, -0.2) is 9.37 Å². The minimum Gasteiger partial charge on any atom is -0.493 e. The summed E-state index contributed by atoms with van der Waals surface area (Å²) >= 11 is 0. The van der Waals surface area contributed by atoms with E-state index in [9.17, 15) is 18.8 Å². The van der Waals surface area contributed by atoms with Crippen LogP contribution in [0.4, 0.5) is 4.39 Å². The van der Waals surface area contributed by atoms with Crippen LogP contribution >= 0.6 is 0 Å². The highest BCUT2D eigenvalue weighted by Crippen LogP contribution is 2.32. The van der Waals surface area contributed by atoms with Crippen molar-refractivity contribution in [2.24, 2.45) is 17.8 Å². The number of rotatable bonds is 17. The van der Waals surface area contributed by atoms with Crippen molar-refractivity contribution in [1.29, 1.82) is 0 Å². The van der Waals surface area contributed by atoms with Crippen LogP contribution in [0.25, 0.3) is 0 Å². The van der Waals surface area contributed by atoms with Gasteiger partial charge in [0.2, 0.25) is 6.79 Å². The lowest BCUT2D eigenvalue weighted by atomic mass is 9.90. The molecule has 1 aromatic heterocycles. The Morgan fingerprint density at radius 2 is 1.76 bits per heavy atom. The summed E-state index contributed by atoms with van der Waals surface area (Å²) in [4.78, 5) is 42.3. The number of hydrogen-bond acceptors (Lipinski definition) is 9. The Kier molecular flexibility index (Phi) is 13.5. The van der Waals surface area contributed by atoms with Crippen LogP contribution in [0, 0.1) is 23.6 Å². The number of benzene rings is 1. The summed E-state index contributed by atoms with van der Waals surface area (Å²) in [5, 5.41) is 0. The lowest BCUT2D eigenvalue weighted by Gasteiger charge is -2.32. The Morgan fingerprint density at radius 3 is 2.34 bits per heavy atom. The first-order valence-corrected chi connectivity index (χ1v) is 14.0. The van der Waals surface area contributed by atoms with E-state index in [1.54, 1.807) is 19.1 Å². The van der Waals surface area contributed by atoms with Gasteiger partial charge in [0.15, 0.2) is 23.0 Å². The third-order valence-corrected chi connectivity index (χ3v) is 6.69. The molecule has 10 heteroatoms. The predicted molar refractivity (Wildman–Crippen MR) is 150 cm³/mol. The molecular formula is C31H42FNO8. The molecule has 0 N–H and O–H groups in total. The Morgan fingerprint density at radius 1 is 1.05 bits per heavy atom. The smallest absolute Gasteiger partial charge is 0.309 e. The third kappa shape index (κ3) is 10.3. The molecule has 0 saturated carbocycles. The zero-order valence-corrected chi connectivity index (χ0v) is 25.0. The van der Waals surface area contributed by atoms with Crippen LogP contribution in [0.5, 0.6) is 17.2 Å². The summed E-state index contributed by atoms with van der Waals surface area (Å²) in [6.45, 7) is 10.5. The van der Waals surface area contributed by atoms with Gasteiger partial charge in [0.25, 0.3) is 0 Å². The Hall–Kier alpha value is -3.69. The topological polar surface area (TPSA) is 110 Å². The number of Topliss-reactive ketones (excluding diaryl/α,β-unsaturated/α-hetero) is 1. The fourth-order valence-corrected chi connectivity index (χ4v) is 4.63. The van der Waals surface area contributed by atoms with Gasteiger partial charge in [0, 0.05) is 31.7 Å². The van der Waals surface area contributed by atoms with Gasteiger partial charge in [-0.05, 0) is 50.2 Å². The highest BCUT2D eigenvalue weighted by atomic mass is 19.1. The van der Waals surface area contributed by atoms with Crippen LogP contribution in [0.15, 0.2) is 36.5 Å². The Labute approximate surface area is 241 Å². The second-order valence-electron chi connectivity index (χ2n) is 10.3. The van der Waals surface area contributed by atoms with Gasteiger partial charge in [-0.2, -0.15) is 0 Å². The van der Waals surface area contributed by atoms with Crippen LogP contribution < -0.4 is 14.2 Å². The molecule has 0 amide bonds. The van der Waals surface area contributed by atoms with Crippen LogP contribution in [-0.4, -0.2) is 48.8 Å². The van der Waals surface area contributed by atoms with E-state index in [4.69, 9.17) is 23.7 Å². The maximum absolute atomic E-state index is 13.8. The normalized spacial score (nSPS) is 13.3. The second-order valence-corrected chi connectivity index (χ2v) is 10.3. The number of hydrogen-bond donors (Lipinski definition) is 0. The molecule has 41 heavy (non-hydrogen) atoms. The van der Waals surface area contributed by atoms with Crippen molar-refractivity contribution in [3.05, 3.63) is 48.0 Å². The first kappa shape index (κ1) is 33.5. The van der Waals surface area contributed by atoms with Gasteiger partial charge in [-0.15, -0.1) is 0 Å². The summed E-state index contributed by atoms with van der Waals surface area (Å²) in [6, 6.07) is 7.37. The summed E-state index contributed by atoms with van der Waals surface area (Å²) < 4.78 is 41.6. The highest BCUT2D eigenvalue weighted by molar-refractivity contribution is 5.99. The standard InChI is InChI=1S/C31H42FNO8/c1-8-22(9-2)29(41-25-12-10-11-24(32)17-25)20(5)40-31(36)23(15-19(3)4)16-26(35)28-30(39-18-38-21(6)34)27(37-7)13-14-33-28/h10-14,17,19-20,22-23,29H,8-9,15-16,18H2,1-7H3/t20-,23+,29+/m0/s1. The molecule has 0 fully saturated rings. The number of halogens is 1. The first-order chi connectivity index (χ1) is 19.5. The molecule has 0 aliphatic rings. The van der Waals surface area contributed by atoms with E-state index in [2.05, 4.69) is 4.98 Å². The van der Waals surface area contributed by atoms with E-state index in [-0.39, 0.29) is 35.4 Å². The molecule has 2 aromatic rings. The number of carbonyl (C=O) groups is 3. The van der Waals surface area contributed by atoms with Crippen molar-refractivity contribution in [1.82, 2.24) is 4.98 Å². The number of aromatic nitrogens is 1. The predicted octanol–water partition coefficient (Wildman–Crippen LogP) is 6.18. The van der Waals surface area contributed by atoms with Crippen molar-refractivity contribution < 1.29 is 42.5 Å². The van der Waals surface area contributed by atoms with Gasteiger partial charge in [-0.3, -0.25) is 14.4 Å². The minimum absolute atomic E-state index is 0.0172. The van der Waals surface area contributed by atoms with Crippen molar-refractivity contribution in [2.75, 3.05) is 13.9 Å². The molecule has 3 atom stereocenters. The number of esters is 2. The minimum atomic E-state index is -0.768. The molecule has 0 unspecified atom stereocenters. The molecule has 0 bridgehead atoms. The van der Waals surface area contributed by atoms with Gasteiger partial charge in [-0.1, -0.05) is 33.8 Å². The summed E-state index contributed by atoms with van der Waals surface area (Å²) in [7, 11) is 1.41. The van der Waals surface area contributed by atoms with Gasteiger partial charge in [0.05, 0.1) is 13.0 Å². The highest BCUT2D eigenvalue weighted by Gasteiger charge is 2.34. The zero-order valence-electron chi connectivity index (χ0n) is 25.0. The van der Waals surface area contributed by atoms with Crippen molar-refractivity contribution in [2.45, 2.75) is 79.4 Å². The fourth-order valence-electron chi connectivity index (χ4n) is 4.63. The number of ketones is 1. The lowest BCUT2D eigenvalue weighted by molar-refractivity contribution is -0.160. The number of methoxy groups -OCH3 is 1. The molecule has 0 aliphatic heterocycles. The molecule has 226 valence electrons. The first-order valence-electron chi connectivity index (χ1n) is 14.0. The van der Waals surface area contributed by atoms with Crippen LogP contribution in [0.1, 0.15) is 77.7 Å². The Balaban J connectivity index is 2.27. The SMILES string of the molecule is CCC(CC)[C@H](Oc1cccc(F)c1)[C@H](C)OC(=O)[C@@H](CC(=O)c1nccc(OC)c1OCOC(C)=O)CC(C)C. The molecular weight excluding hydrogens is 533 g/mol. The van der Waals surface area contributed by atoms with E-state index in [0.717, 1.165) is 12.8 Å². The maximum atomic E-state index is 13.8. The van der Waals surface area contributed by atoms with Crippen molar-refractivity contribution in [3.8, 4) is 17.2 Å². The molecule has 1 aromatic carbocycles. The molecule has 2 rings (SSSR count). The van der Waals surface area contributed by atoms with Gasteiger partial charge in [0.1, 0.15) is 23.8 Å². The van der Waals surface area contributed by atoms with Crippen LogP contribution in [-0.2, 0) is 19.1 Å². The summed E-state index contributed by atoms with van der Waals surface area (Å²) in [6.07, 6.45) is 1.95. The van der Waals surface area contributed by atoms with E-state index in [0.29, 0.717) is 12.2 Å². The van der Waals surface area contributed by atoms with E-state index in [1.165, 1.54) is 38.4 Å². The zero-order chi connectivity index (χ0) is 30.5. The molecule has 9 nitrogen and oxygen atoms in total. The number of pyridine rings is 1. The van der Waals surface area contributed by atoms with Gasteiger partial charge >= 0.3 is 11.9 Å². The summed E-state index contributed by atoms with van der Waals surface area (Å²) in [5.74, 6) is -2.00. The molecule has 0 aliphatic carbocycles.